The Morgan fingerprint density at radius 2 is 1.75 bits per heavy atom. The van der Waals surface area contributed by atoms with Gasteiger partial charge in [0.25, 0.3) is 5.91 Å². The fourth-order valence-corrected chi connectivity index (χ4v) is 3.52. The van der Waals surface area contributed by atoms with E-state index in [9.17, 15) is 9.59 Å². The molecule has 168 valence electrons. The third-order valence-electron chi connectivity index (χ3n) is 5.39. The highest BCUT2D eigenvalue weighted by molar-refractivity contribution is 5.94. The zero-order valence-electron chi connectivity index (χ0n) is 18.3. The van der Waals surface area contributed by atoms with Gasteiger partial charge in [0.05, 0.1) is 27.9 Å². The van der Waals surface area contributed by atoms with Gasteiger partial charge in [-0.1, -0.05) is 0 Å². The molecule has 1 fully saturated rings. The van der Waals surface area contributed by atoms with Crippen LogP contribution in [0.2, 0.25) is 0 Å². The second-order valence-corrected chi connectivity index (χ2v) is 7.48. The van der Waals surface area contributed by atoms with Gasteiger partial charge in [-0.05, 0) is 55.3 Å². The van der Waals surface area contributed by atoms with E-state index in [1.54, 1.807) is 29.9 Å². The largest absolute Gasteiger partial charge is 0.497 e. The first-order valence-electron chi connectivity index (χ1n) is 10.4. The average molecular weight is 438 g/mol. The molecule has 0 aliphatic heterocycles. The molecule has 0 atom stereocenters. The first-order chi connectivity index (χ1) is 15.5. The first kappa shape index (κ1) is 21.5. The Morgan fingerprint density at radius 3 is 2.38 bits per heavy atom. The second kappa shape index (κ2) is 9.17. The van der Waals surface area contributed by atoms with Crippen molar-refractivity contribution in [3.8, 4) is 28.6 Å². The minimum atomic E-state index is -0.268. The van der Waals surface area contributed by atoms with Crippen LogP contribution < -0.4 is 25.2 Å². The number of nitrogens with zero attached hydrogens (tertiary/aromatic N) is 3. The summed E-state index contributed by atoms with van der Waals surface area (Å²) in [5.41, 5.74) is 1.12. The maximum atomic E-state index is 13.0. The van der Waals surface area contributed by atoms with Crippen LogP contribution in [-0.4, -0.2) is 48.1 Å². The van der Waals surface area contributed by atoms with Crippen LogP contribution in [-0.2, 0) is 6.54 Å². The van der Waals surface area contributed by atoms with E-state index in [1.807, 2.05) is 24.3 Å². The van der Waals surface area contributed by atoms with Gasteiger partial charge in [-0.3, -0.25) is 9.36 Å². The van der Waals surface area contributed by atoms with Crippen molar-refractivity contribution >= 4 is 5.91 Å². The van der Waals surface area contributed by atoms with E-state index in [1.165, 1.54) is 18.9 Å². The molecule has 1 heterocycles. The maximum absolute atomic E-state index is 13.0. The highest BCUT2D eigenvalue weighted by atomic mass is 16.5. The summed E-state index contributed by atoms with van der Waals surface area (Å²) in [6.07, 6.45) is 1.93. The number of carbonyl (C=O) groups excluding carboxylic acids is 1. The molecule has 3 aromatic rings. The molecular weight excluding hydrogens is 412 g/mol. The normalized spacial score (nSPS) is 13.0. The van der Waals surface area contributed by atoms with Gasteiger partial charge in [-0.15, -0.1) is 5.10 Å². The third kappa shape index (κ3) is 4.32. The van der Waals surface area contributed by atoms with Gasteiger partial charge in [-0.2, -0.15) is 0 Å². The summed E-state index contributed by atoms with van der Waals surface area (Å²) in [4.78, 5) is 25.5. The van der Waals surface area contributed by atoms with Gasteiger partial charge in [0.2, 0.25) is 0 Å². The molecule has 0 unspecified atom stereocenters. The van der Waals surface area contributed by atoms with Crippen molar-refractivity contribution in [1.29, 1.82) is 0 Å². The number of amides is 1. The molecular formula is C23H26N4O5. The molecule has 1 aromatic heterocycles. The number of hydrogen-bond donors (Lipinski definition) is 1. The van der Waals surface area contributed by atoms with E-state index in [-0.39, 0.29) is 30.7 Å². The SMILES string of the molecule is COc1ccc(-c2nn(CCNC(=O)c3ccc(OC)c(OC)c3)c(=O)n2C2CC2)cc1. The molecule has 1 aliphatic rings. The molecule has 0 spiro atoms. The number of nitrogens with one attached hydrogen (secondary N) is 1. The van der Waals surface area contributed by atoms with Crippen molar-refractivity contribution in [3.63, 3.8) is 0 Å². The fourth-order valence-electron chi connectivity index (χ4n) is 3.52. The zero-order valence-corrected chi connectivity index (χ0v) is 18.3. The van der Waals surface area contributed by atoms with E-state index in [2.05, 4.69) is 10.4 Å². The molecule has 32 heavy (non-hydrogen) atoms. The molecule has 0 bridgehead atoms. The Labute approximate surface area is 185 Å². The second-order valence-electron chi connectivity index (χ2n) is 7.48. The monoisotopic (exact) mass is 438 g/mol. The standard InChI is InChI=1S/C23H26N4O5/c1-30-18-9-4-15(5-10-18)21-25-26(23(29)27(21)17-7-8-17)13-12-24-22(28)16-6-11-19(31-2)20(14-16)32-3/h4-6,9-11,14,17H,7-8,12-13H2,1-3H3,(H,24,28). The number of rotatable bonds is 9. The summed E-state index contributed by atoms with van der Waals surface area (Å²) < 4.78 is 18.8. The number of aromatic nitrogens is 3. The fraction of sp³-hybridized carbons (Fsp3) is 0.348. The van der Waals surface area contributed by atoms with Gasteiger partial charge in [0, 0.05) is 23.7 Å². The number of methoxy groups -OCH3 is 3. The predicted octanol–water partition coefficient (Wildman–Crippen LogP) is 2.50. The van der Waals surface area contributed by atoms with E-state index in [0.29, 0.717) is 22.9 Å². The van der Waals surface area contributed by atoms with Gasteiger partial charge < -0.3 is 19.5 Å². The lowest BCUT2D eigenvalue weighted by atomic mass is 10.2. The molecule has 1 N–H and O–H groups in total. The lowest BCUT2D eigenvalue weighted by Gasteiger charge is -2.10. The minimum absolute atomic E-state index is 0.168. The average Bonchev–Trinajstić information content (AvgIpc) is 3.62. The summed E-state index contributed by atoms with van der Waals surface area (Å²) in [6.45, 7) is 0.525. The zero-order chi connectivity index (χ0) is 22.7. The Hall–Kier alpha value is -3.75. The van der Waals surface area contributed by atoms with Gasteiger partial charge in [0.15, 0.2) is 17.3 Å². The summed E-state index contributed by atoms with van der Waals surface area (Å²) in [5.74, 6) is 2.13. The van der Waals surface area contributed by atoms with Crippen LogP contribution in [0, 0.1) is 0 Å². The Bertz CT molecular complexity index is 1160. The van der Waals surface area contributed by atoms with E-state index in [4.69, 9.17) is 14.2 Å². The van der Waals surface area contributed by atoms with Crippen LogP contribution in [0.1, 0.15) is 29.2 Å². The number of ether oxygens (including phenoxy) is 3. The van der Waals surface area contributed by atoms with Crippen LogP contribution in [0.5, 0.6) is 17.2 Å². The topological polar surface area (TPSA) is 96.6 Å². The molecule has 9 heteroatoms. The summed E-state index contributed by atoms with van der Waals surface area (Å²) >= 11 is 0. The predicted molar refractivity (Wildman–Crippen MR) is 119 cm³/mol. The van der Waals surface area contributed by atoms with E-state index < -0.39 is 0 Å². The number of benzene rings is 2. The van der Waals surface area contributed by atoms with Crippen molar-refractivity contribution in [3.05, 3.63) is 58.5 Å². The maximum Gasteiger partial charge on any atom is 0.346 e. The summed E-state index contributed by atoms with van der Waals surface area (Å²) in [6, 6.07) is 12.6. The van der Waals surface area contributed by atoms with Crippen molar-refractivity contribution in [2.24, 2.45) is 0 Å². The van der Waals surface area contributed by atoms with Gasteiger partial charge in [-0.25, -0.2) is 9.48 Å². The van der Waals surface area contributed by atoms with Gasteiger partial charge in [0.1, 0.15) is 5.75 Å². The Morgan fingerprint density at radius 1 is 1.03 bits per heavy atom. The summed E-state index contributed by atoms with van der Waals surface area (Å²) in [5, 5.41) is 7.39. The molecule has 0 radical (unpaired) electrons. The molecule has 1 aliphatic carbocycles. The summed E-state index contributed by atoms with van der Waals surface area (Å²) in [7, 11) is 4.67. The molecule has 1 amide bonds. The van der Waals surface area contributed by atoms with Crippen molar-refractivity contribution in [2.75, 3.05) is 27.9 Å². The number of hydrogen-bond acceptors (Lipinski definition) is 6. The van der Waals surface area contributed by atoms with Crippen LogP contribution in [0.4, 0.5) is 0 Å². The molecule has 9 nitrogen and oxygen atoms in total. The van der Waals surface area contributed by atoms with E-state index in [0.717, 1.165) is 24.2 Å². The van der Waals surface area contributed by atoms with Crippen LogP contribution >= 0.6 is 0 Å². The Kier molecular flexibility index (Phi) is 6.16. The number of carbonyl (C=O) groups is 1. The molecule has 4 rings (SSSR count). The van der Waals surface area contributed by atoms with Gasteiger partial charge >= 0.3 is 5.69 Å². The van der Waals surface area contributed by atoms with Crippen molar-refractivity contribution in [1.82, 2.24) is 19.7 Å². The smallest absolute Gasteiger partial charge is 0.346 e. The molecule has 2 aromatic carbocycles. The van der Waals surface area contributed by atoms with Crippen molar-refractivity contribution in [2.45, 2.75) is 25.4 Å². The lowest BCUT2D eigenvalue weighted by molar-refractivity contribution is 0.0951. The highest BCUT2D eigenvalue weighted by Gasteiger charge is 2.30. The minimum Gasteiger partial charge on any atom is -0.497 e. The molecule has 0 saturated heterocycles. The van der Waals surface area contributed by atoms with Crippen LogP contribution in [0.15, 0.2) is 47.3 Å². The van der Waals surface area contributed by atoms with Crippen LogP contribution in [0.3, 0.4) is 0 Å². The highest BCUT2D eigenvalue weighted by Crippen LogP contribution is 2.36. The third-order valence-corrected chi connectivity index (χ3v) is 5.39. The van der Waals surface area contributed by atoms with E-state index >= 15 is 0 Å². The first-order valence-corrected chi connectivity index (χ1v) is 10.4. The lowest BCUT2D eigenvalue weighted by Crippen LogP contribution is -2.32. The van der Waals surface area contributed by atoms with Crippen LogP contribution in [0.25, 0.3) is 11.4 Å². The van der Waals surface area contributed by atoms with Crippen molar-refractivity contribution < 1.29 is 19.0 Å². The quantitative estimate of drug-likeness (QED) is 0.551. The molecule has 1 saturated carbocycles. The Balaban J connectivity index is 1.48.